The van der Waals surface area contributed by atoms with E-state index in [9.17, 15) is 8.42 Å². The Morgan fingerprint density at radius 1 is 1.24 bits per heavy atom. The van der Waals surface area contributed by atoms with Gasteiger partial charge in [-0.25, -0.2) is 13.4 Å². The standard InChI is InChI=1S/C17H21ClN4O2S/c1-4-22(5-2)25(23,24)16-9-10-17(19-12-16)21-20-13(3)14-7-6-8-15(18)11-14/h6-12H,4-5H2,1-3H3,(H,19,21). The van der Waals surface area contributed by atoms with Crippen LogP contribution in [0.3, 0.4) is 0 Å². The van der Waals surface area contributed by atoms with Crippen LogP contribution in [0.5, 0.6) is 0 Å². The van der Waals surface area contributed by atoms with E-state index in [1.54, 1.807) is 26.0 Å². The van der Waals surface area contributed by atoms with Gasteiger partial charge in [0.1, 0.15) is 10.7 Å². The molecule has 0 aliphatic rings. The minimum atomic E-state index is -3.50. The third-order valence-electron chi connectivity index (χ3n) is 3.66. The maximum atomic E-state index is 12.4. The molecule has 0 saturated carbocycles. The number of halogens is 1. The van der Waals surface area contributed by atoms with Crippen LogP contribution in [0.2, 0.25) is 5.02 Å². The summed E-state index contributed by atoms with van der Waals surface area (Å²) in [6.07, 6.45) is 1.33. The maximum absolute atomic E-state index is 12.4. The second-order valence-corrected chi connectivity index (χ2v) is 7.66. The smallest absolute Gasteiger partial charge is 0.244 e. The monoisotopic (exact) mass is 380 g/mol. The molecule has 0 bridgehead atoms. The molecule has 0 unspecified atom stereocenters. The molecule has 1 aromatic carbocycles. The SMILES string of the molecule is CCN(CC)S(=O)(=O)c1ccc(NN=C(C)c2cccc(Cl)c2)nc1. The summed E-state index contributed by atoms with van der Waals surface area (Å²) in [4.78, 5) is 4.29. The first-order valence-corrected chi connectivity index (χ1v) is 9.72. The number of hydrogen-bond acceptors (Lipinski definition) is 5. The predicted octanol–water partition coefficient (Wildman–Crippen LogP) is 3.60. The minimum Gasteiger partial charge on any atom is -0.261 e. The molecule has 134 valence electrons. The van der Waals surface area contributed by atoms with Gasteiger partial charge in [0, 0.05) is 24.3 Å². The van der Waals surface area contributed by atoms with E-state index in [1.807, 2.05) is 25.1 Å². The molecule has 0 aliphatic carbocycles. The van der Waals surface area contributed by atoms with E-state index < -0.39 is 10.0 Å². The highest BCUT2D eigenvalue weighted by Gasteiger charge is 2.21. The van der Waals surface area contributed by atoms with Gasteiger partial charge < -0.3 is 0 Å². The van der Waals surface area contributed by atoms with Crippen molar-refractivity contribution < 1.29 is 8.42 Å². The minimum absolute atomic E-state index is 0.164. The highest BCUT2D eigenvalue weighted by atomic mass is 35.5. The summed E-state index contributed by atoms with van der Waals surface area (Å²) in [7, 11) is -3.50. The van der Waals surface area contributed by atoms with Gasteiger partial charge in [-0.15, -0.1) is 0 Å². The average Bonchev–Trinajstić information content (AvgIpc) is 2.61. The summed E-state index contributed by atoms with van der Waals surface area (Å²) in [5.41, 5.74) is 4.45. The molecule has 0 saturated heterocycles. The first-order valence-electron chi connectivity index (χ1n) is 7.91. The summed E-state index contributed by atoms with van der Waals surface area (Å²) in [6.45, 7) is 6.29. The van der Waals surface area contributed by atoms with Crippen LogP contribution in [0.1, 0.15) is 26.3 Å². The Morgan fingerprint density at radius 2 is 1.96 bits per heavy atom. The molecule has 1 heterocycles. The first kappa shape index (κ1) is 19.4. The van der Waals surface area contributed by atoms with Crippen molar-refractivity contribution in [2.75, 3.05) is 18.5 Å². The third-order valence-corrected chi connectivity index (χ3v) is 5.93. The van der Waals surface area contributed by atoms with Gasteiger partial charge in [0.2, 0.25) is 10.0 Å². The molecule has 0 aliphatic heterocycles. The first-order chi connectivity index (χ1) is 11.9. The van der Waals surface area contributed by atoms with E-state index in [-0.39, 0.29) is 4.90 Å². The Labute approximate surface area is 153 Å². The van der Waals surface area contributed by atoms with E-state index in [0.29, 0.717) is 23.9 Å². The maximum Gasteiger partial charge on any atom is 0.244 e. The van der Waals surface area contributed by atoms with Crippen LogP contribution < -0.4 is 5.43 Å². The largest absolute Gasteiger partial charge is 0.261 e. The Bertz CT molecular complexity index is 847. The summed E-state index contributed by atoms with van der Waals surface area (Å²) in [5, 5.41) is 4.89. The van der Waals surface area contributed by atoms with Crippen molar-refractivity contribution >= 4 is 33.2 Å². The molecule has 0 amide bonds. The quantitative estimate of drug-likeness (QED) is 0.588. The molecule has 0 atom stereocenters. The number of anilines is 1. The number of nitrogens with zero attached hydrogens (tertiary/aromatic N) is 3. The summed E-state index contributed by atoms with van der Waals surface area (Å²) < 4.78 is 26.2. The molecule has 1 aromatic heterocycles. The summed E-state index contributed by atoms with van der Waals surface area (Å²) in [6, 6.07) is 10.5. The highest BCUT2D eigenvalue weighted by molar-refractivity contribution is 7.89. The van der Waals surface area contributed by atoms with Crippen molar-refractivity contribution in [1.29, 1.82) is 0 Å². The van der Waals surface area contributed by atoms with Crippen LogP contribution in [0.25, 0.3) is 0 Å². The highest BCUT2D eigenvalue weighted by Crippen LogP contribution is 2.16. The predicted molar refractivity (Wildman–Crippen MR) is 102 cm³/mol. The van der Waals surface area contributed by atoms with Crippen molar-refractivity contribution in [3.63, 3.8) is 0 Å². The van der Waals surface area contributed by atoms with E-state index >= 15 is 0 Å². The number of pyridine rings is 1. The number of hydrogen-bond donors (Lipinski definition) is 1. The Balaban J connectivity index is 2.14. The second-order valence-electron chi connectivity index (χ2n) is 5.29. The van der Waals surface area contributed by atoms with Crippen molar-refractivity contribution in [3.05, 3.63) is 53.2 Å². The Kier molecular flexibility index (Phi) is 6.52. The van der Waals surface area contributed by atoms with Gasteiger partial charge in [-0.05, 0) is 36.8 Å². The van der Waals surface area contributed by atoms with Crippen LogP contribution in [0.15, 0.2) is 52.6 Å². The van der Waals surface area contributed by atoms with Crippen molar-refractivity contribution in [2.24, 2.45) is 5.10 Å². The van der Waals surface area contributed by atoms with Gasteiger partial charge in [0.05, 0.1) is 5.71 Å². The van der Waals surface area contributed by atoms with Gasteiger partial charge in [0.25, 0.3) is 0 Å². The zero-order valence-corrected chi connectivity index (χ0v) is 16.0. The normalized spacial score (nSPS) is 12.4. The molecule has 25 heavy (non-hydrogen) atoms. The fourth-order valence-corrected chi connectivity index (χ4v) is 3.83. The third kappa shape index (κ3) is 4.78. The zero-order chi connectivity index (χ0) is 18.4. The number of sulfonamides is 1. The second kappa shape index (κ2) is 8.42. The summed E-state index contributed by atoms with van der Waals surface area (Å²) >= 11 is 5.97. The number of rotatable bonds is 7. The molecule has 2 rings (SSSR count). The van der Waals surface area contributed by atoms with Crippen molar-refractivity contribution in [2.45, 2.75) is 25.7 Å². The number of benzene rings is 1. The molecule has 0 radical (unpaired) electrons. The van der Waals surface area contributed by atoms with Gasteiger partial charge in [-0.1, -0.05) is 37.6 Å². The average molecular weight is 381 g/mol. The van der Waals surface area contributed by atoms with Crippen LogP contribution >= 0.6 is 11.6 Å². The summed E-state index contributed by atoms with van der Waals surface area (Å²) in [5.74, 6) is 0.458. The number of aromatic nitrogens is 1. The lowest BCUT2D eigenvalue weighted by Gasteiger charge is -2.18. The fourth-order valence-electron chi connectivity index (χ4n) is 2.23. The van der Waals surface area contributed by atoms with Crippen molar-refractivity contribution in [1.82, 2.24) is 9.29 Å². The van der Waals surface area contributed by atoms with Gasteiger partial charge in [-0.2, -0.15) is 9.41 Å². The molecule has 2 aromatic rings. The van der Waals surface area contributed by atoms with Crippen LogP contribution in [0, 0.1) is 0 Å². The fraction of sp³-hybridized carbons (Fsp3) is 0.294. The molecular weight excluding hydrogens is 360 g/mol. The Hall–Kier alpha value is -1.96. The van der Waals surface area contributed by atoms with Crippen molar-refractivity contribution in [3.8, 4) is 0 Å². The number of nitrogens with one attached hydrogen (secondary N) is 1. The van der Waals surface area contributed by atoms with Gasteiger partial charge in [-0.3, -0.25) is 5.43 Å². The molecular formula is C17H21ClN4O2S. The lowest BCUT2D eigenvalue weighted by molar-refractivity contribution is 0.445. The Morgan fingerprint density at radius 3 is 2.52 bits per heavy atom. The van der Waals surface area contributed by atoms with Gasteiger partial charge in [0.15, 0.2) is 0 Å². The lowest BCUT2D eigenvalue weighted by Crippen LogP contribution is -2.30. The van der Waals surface area contributed by atoms with Crippen LogP contribution in [0.4, 0.5) is 5.82 Å². The topological polar surface area (TPSA) is 74.7 Å². The lowest BCUT2D eigenvalue weighted by atomic mass is 10.1. The van der Waals surface area contributed by atoms with E-state index in [2.05, 4.69) is 15.5 Å². The zero-order valence-electron chi connectivity index (χ0n) is 14.4. The molecule has 6 nitrogen and oxygen atoms in total. The van der Waals surface area contributed by atoms with Crippen LogP contribution in [-0.2, 0) is 10.0 Å². The van der Waals surface area contributed by atoms with E-state index in [0.717, 1.165) is 11.3 Å². The van der Waals surface area contributed by atoms with E-state index in [4.69, 9.17) is 11.6 Å². The molecule has 1 N–H and O–H groups in total. The van der Waals surface area contributed by atoms with E-state index in [1.165, 1.54) is 16.6 Å². The molecule has 0 fully saturated rings. The molecule has 0 spiro atoms. The van der Waals surface area contributed by atoms with Gasteiger partial charge >= 0.3 is 0 Å². The molecule has 8 heteroatoms. The number of hydrazone groups is 1. The van der Waals surface area contributed by atoms with Crippen LogP contribution in [-0.4, -0.2) is 36.5 Å².